The third kappa shape index (κ3) is 2.62. The van der Waals surface area contributed by atoms with Crippen LogP contribution in [0.5, 0.6) is 0 Å². The zero-order valence-electron chi connectivity index (χ0n) is 10.5. The van der Waals surface area contributed by atoms with E-state index in [0.29, 0.717) is 12.8 Å². The first-order chi connectivity index (χ1) is 7.19. The lowest BCUT2D eigenvalue weighted by molar-refractivity contribution is -0.118. The van der Waals surface area contributed by atoms with Crippen molar-refractivity contribution < 1.29 is 4.79 Å². The lowest BCUT2D eigenvalue weighted by atomic mass is 9.79. The molecule has 1 amide bonds. The molecule has 0 radical (unpaired) electrons. The average molecular weight is 225 g/mol. The van der Waals surface area contributed by atoms with Crippen LogP contribution in [-0.2, 0) is 4.79 Å². The molecular weight excluding hydrogens is 204 g/mol. The molecule has 1 N–H and O–H groups in total. The molecule has 0 atom stereocenters. The Labute approximate surface area is 97.3 Å². The zero-order chi connectivity index (χ0) is 12.6. The van der Waals surface area contributed by atoms with Gasteiger partial charge in [-0.25, -0.2) is 0 Å². The Bertz CT molecular complexity index is 279. The predicted octanol–water partition coefficient (Wildman–Crippen LogP) is 1.81. The number of amides is 1. The van der Waals surface area contributed by atoms with Crippen LogP contribution in [0, 0.1) is 5.21 Å². The van der Waals surface area contributed by atoms with Crippen LogP contribution < -0.4 is 5.32 Å². The Balaban J connectivity index is 2.78. The van der Waals surface area contributed by atoms with Gasteiger partial charge in [-0.3, -0.25) is 4.79 Å². The molecule has 0 aromatic rings. The molecule has 0 saturated carbocycles. The predicted molar refractivity (Wildman–Crippen MR) is 64.7 cm³/mol. The van der Waals surface area contributed by atoms with Crippen molar-refractivity contribution in [2.75, 3.05) is 0 Å². The van der Waals surface area contributed by atoms with Crippen LogP contribution >= 0.6 is 0 Å². The Morgan fingerprint density at radius 3 is 2.19 bits per heavy atom. The number of carbonyl (C=O) groups is 1. The van der Waals surface area contributed by atoms with E-state index in [2.05, 4.69) is 11.9 Å². The summed E-state index contributed by atoms with van der Waals surface area (Å²) in [6, 6.07) is 0.0423. The standard InChI is InChI=1S/C12H21N2O2/c1-6-10(15)13-9-7-11(2,3)14(16)12(4,5)8-9/h6,9H,1,7-8H2,2-5H3,(H,13,15)/q-1. The van der Waals surface area contributed by atoms with Gasteiger partial charge in [0.1, 0.15) is 0 Å². The number of rotatable bonds is 2. The van der Waals surface area contributed by atoms with Crippen molar-refractivity contribution in [2.45, 2.75) is 57.7 Å². The maximum absolute atomic E-state index is 12.1. The van der Waals surface area contributed by atoms with E-state index in [-0.39, 0.29) is 11.9 Å². The Kier molecular flexibility index (Phi) is 3.45. The summed E-state index contributed by atoms with van der Waals surface area (Å²) in [4.78, 5) is 11.3. The van der Waals surface area contributed by atoms with Gasteiger partial charge in [0.15, 0.2) is 0 Å². The van der Waals surface area contributed by atoms with Gasteiger partial charge in [0.2, 0.25) is 5.91 Å². The van der Waals surface area contributed by atoms with Crippen LogP contribution in [0.2, 0.25) is 0 Å². The molecule has 92 valence electrons. The summed E-state index contributed by atoms with van der Waals surface area (Å²) in [7, 11) is 0. The number of carbonyl (C=O) groups excluding carboxylic acids is 1. The van der Waals surface area contributed by atoms with Gasteiger partial charge in [-0.2, -0.15) is 0 Å². The minimum atomic E-state index is -0.444. The summed E-state index contributed by atoms with van der Waals surface area (Å²) >= 11 is 0. The SMILES string of the molecule is C=CC(=O)NC1CC(C)(C)N([O-])C(C)(C)C1. The van der Waals surface area contributed by atoms with E-state index in [9.17, 15) is 10.0 Å². The first-order valence-electron chi connectivity index (χ1n) is 5.59. The Morgan fingerprint density at radius 2 is 1.81 bits per heavy atom. The smallest absolute Gasteiger partial charge is 0.243 e. The molecule has 1 fully saturated rings. The fourth-order valence-electron chi connectivity index (χ4n) is 2.63. The van der Waals surface area contributed by atoms with Crippen molar-refractivity contribution >= 4 is 5.91 Å². The molecule has 0 bridgehead atoms. The van der Waals surface area contributed by atoms with E-state index in [1.165, 1.54) is 6.08 Å². The molecule has 0 spiro atoms. The highest BCUT2D eigenvalue weighted by atomic mass is 16.5. The minimum absolute atomic E-state index is 0.0423. The van der Waals surface area contributed by atoms with E-state index >= 15 is 0 Å². The fourth-order valence-corrected chi connectivity index (χ4v) is 2.63. The molecule has 0 unspecified atom stereocenters. The number of hydrogen-bond acceptors (Lipinski definition) is 3. The maximum Gasteiger partial charge on any atom is 0.243 e. The summed E-state index contributed by atoms with van der Waals surface area (Å²) in [5.74, 6) is -0.170. The average Bonchev–Trinajstić information content (AvgIpc) is 2.13. The Hall–Kier alpha value is -0.870. The normalized spacial score (nSPS) is 25.1. The second-order valence-electron chi connectivity index (χ2n) is 5.74. The van der Waals surface area contributed by atoms with Crippen molar-refractivity contribution in [3.8, 4) is 0 Å². The molecule has 1 rings (SSSR count). The monoisotopic (exact) mass is 225 g/mol. The van der Waals surface area contributed by atoms with Crippen LogP contribution in [0.1, 0.15) is 40.5 Å². The quantitative estimate of drug-likeness (QED) is 0.729. The van der Waals surface area contributed by atoms with Crippen LogP contribution in [0.15, 0.2) is 12.7 Å². The van der Waals surface area contributed by atoms with Gasteiger partial charge in [0, 0.05) is 17.1 Å². The van der Waals surface area contributed by atoms with Crippen LogP contribution in [-0.4, -0.2) is 28.1 Å². The minimum Gasteiger partial charge on any atom is -0.784 e. The third-order valence-corrected chi connectivity index (χ3v) is 3.12. The van der Waals surface area contributed by atoms with Crippen LogP contribution in [0.25, 0.3) is 0 Å². The van der Waals surface area contributed by atoms with E-state index in [0.717, 1.165) is 5.06 Å². The molecule has 1 saturated heterocycles. The van der Waals surface area contributed by atoms with Gasteiger partial charge in [0.05, 0.1) is 0 Å². The molecule has 1 heterocycles. The lowest BCUT2D eigenvalue weighted by Crippen LogP contribution is -2.61. The van der Waals surface area contributed by atoms with Gasteiger partial charge < -0.3 is 15.6 Å². The van der Waals surface area contributed by atoms with E-state index < -0.39 is 11.1 Å². The maximum atomic E-state index is 12.1. The van der Waals surface area contributed by atoms with Crippen molar-refractivity contribution in [1.29, 1.82) is 0 Å². The molecule has 0 aromatic carbocycles. The summed E-state index contributed by atoms with van der Waals surface area (Å²) in [6.45, 7) is 11.1. The zero-order valence-corrected chi connectivity index (χ0v) is 10.5. The van der Waals surface area contributed by atoms with Crippen molar-refractivity contribution in [3.63, 3.8) is 0 Å². The van der Waals surface area contributed by atoms with Gasteiger partial charge in [-0.05, 0) is 46.6 Å². The summed E-state index contributed by atoms with van der Waals surface area (Å²) in [5.41, 5.74) is -0.887. The lowest BCUT2D eigenvalue weighted by Gasteiger charge is -2.59. The Morgan fingerprint density at radius 1 is 1.38 bits per heavy atom. The van der Waals surface area contributed by atoms with E-state index in [1.54, 1.807) is 0 Å². The highest BCUT2D eigenvalue weighted by Gasteiger charge is 2.40. The molecule has 0 aliphatic carbocycles. The number of nitrogens with zero attached hydrogens (tertiary/aromatic N) is 1. The second-order valence-corrected chi connectivity index (χ2v) is 5.74. The molecule has 4 heteroatoms. The first kappa shape index (κ1) is 13.2. The fraction of sp³-hybridized carbons (Fsp3) is 0.750. The number of piperidine rings is 1. The second kappa shape index (κ2) is 4.18. The number of nitrogens with one attached hydrogen (secondary N) is 1. The van der Waals surface area contributed by atoms with Crippen molar-refractivity contribution in [1.82, 2.24) is 10.4 Å². The topological polar surface area (TPSA) is 55.4 Å². The van der Waals surface area contributed by atoms with Crippen LogP contribution in [0.3, 0.4) is 0 Å². The van der Waals surface area contributed by atoms with Gasteiger partial charge >= 0.3 is 0 Å². The number of hydroxylamine groups is 2. The summed E-state index contributed by atoms with van der Waals surface area (Å²) in [6.07, 6.45) is 2.60. The molecule has 1 aliphatic heterocycles. The van der Waals surface area contributed by atoms with E-state index in [1.807, 2.05) is 27.7 Å². The van der Waals surface area contributed by atoms with Gasteiger partial charge in [-0.15, -0.1) is 0 Å². The van der Waals surface area contributed by atoms with Gasteiger partial charge in [-0.1, -0.05) is 6.58 Å². The third-order valence-electron chi connectivity index (χ3n) is 3.12. The van der Waals surface area contributed by atoms with Gasteiger partial charge in [0.25, 0.3) is 0 Å². The van der Waals surface area contributed by atoms with E-state index in [4.69, 9.17) is 0 Å². The number of hydrogen-bond donors (Lipinski definition) is 1. The largest absolute Gasteiger partial charge is 0.784 e. The highest BCUT2D eigenvalue weighted by molar-refractivity contribution is 5.87. The van der Waals surface area contributed by atoms with Crippen molar-refractivity contribution in [3.05, 3.63) is 17.9 Å². The van der Waals surface area contributed by atoms with Crippen molar-refractivity contribution in [2.24, 2.45) is 0 Å². The summed E-state index contributed by atoms with van der Waals surface area (Å²) in [5, 5.41) is 16.1. The first-order valence-corrected chi connectivity index (χ1v) is 5.59. The molecule has 0 aromatic heterocycles. The molecule has 1 aliphatic rings. The van der Waals surface area contributed by atoms with Crippen LogP contribution in [0.4, 0.5) is 0 Å². The summed E-state index contributed by atoms with van der Waals surface area (Å²) < 4.78 is 0. The molecule has 16 heavy (non-hydrogen) atoms. The highest BCUT2D eigenvalue weighted by Crippen LogP contribution is 2.37. The molecule has 4 nitrogen and oxygen atoms in total. The molecular formula is C12H21N2O2-.